The van der Waals surface area contributed by atoms with Crippen LogP contribution in [0, 0.1) is 0 Å². The molecule has 0 radical (unpaired) electrons. The molecule has 2 heterocycles. The van der Waals surface area contributed by atoms with Crippen molar-refractivity contribution in [3.63, 3.8) is 0 Å². The van der Waals surface area contributed by atoms with Gasteiger partial charge in [-0.2, -0.15) is 0 Å². The van der Waals surface area contributed by atoms with Gasteiger partial charge in [0.25, 0.3) is 5.56 Å². The van der Waals surface area contributed by atoms with Crippen LogP contribution in [0.1, 0.15) is 55.4 Å². The number of nitrogens with zero attached hydrogens (tertiary/aromatic N) is 2. The Bertz CT molecular complexity index is 791. The van der Waals surface area contributed by atoms with E-state index in [1.54, 1.807) is 29.8 Å². The van der Waals surface area contributed by atoms with Crippen molar-refractivity contribution in [2.75, 3.05) is 6.61 Å². The number of esters is 1. The Morgan fingerprint density at radius 2 is 2.13 bits per heavy atom. The molecule has 1 fully saturated rings. The van der Waals surface area contributed by atoms with Gasteiger partial charge < -0.3 is 9.84 Å². The molecular formula is C17H20N2O4. The first kappa shape index (κ1) is 15.5. The molecule has 122 valence electrons. The number of carbonyl (C=O) groups excluding carboxylic acids is 1. The SMILES string of the molecule is CCOC(=O)c1c(O)c2cccnc2n(C2CCCCC2)c1=O. The van der Waals surface area contributed by atoms with Crippen LogP contribution in [-0.2, 0) is 4.74 Å². The minimum atomic E-state index is -0.787. The molecule has 0 aliphatic heterocycles. The molecule has 1 N–H and O–H groups in total. The molecule has 0 atom stereocenters. The Balaban J connectivity index is 2.28. The van der Waals surface area contributed by atoms with E-state index in [1.165, 1.54) is 0 Å². The summed E-state index contributed by atoms with van der Waals surface area (Å²) >= 11 is 0. The van der Waals surface area contributed by atoms with Crippen molar-refractivity contribution in [2.24, 2.45) is 0 Å². The maximum absolute atomic E-state index is 12.9. The molecule has 2 aromatic heterocycles. The van der Waals surface area contributed by atoms with Gasteiger partial charge in [-0.15, -0.1) is 0 Å². The summed E-state index contributed by atoms with van der Waals surface area (Å²) in [5.41, 5.74) is -0.382. The van der Waals surface area contributed by atoms with E-state index >= 15 is 0 Å². The molecule has 3 rings (SSSR count). The first-order valence-electron chi connectivity index (χ1n) is 8.04. The summed E-state index contributed by atoms with van der Waals surface area (Å²) in [7, 11) is 0. The lowest BCUT2D eigenvalue weighted by atomic mass is 9.94. The first-order chi connectivity index (χ1) is 11.1. The molecule has 0 amide bonds. The van der Waals surface area contributed by atoms with Gasteiger partial charge in [0, 0.05) is 12.2 Å². The predicted octanol–water partition coefficient (Wildman–Crippen LogP) is 2.78. The minimum absolute atomic E-state index is 0.00225. The van der Waals surface area contributed by atoms with E-state index < -0.39 is 11.5 Å². The summed E-state index contributed by atoms with van der Waals surface area (Å²) in [5.74, 6) is -1.13. The lowest BCUT2D eigenvalue weighted by molar-refractivity contribution is 0.0520. The van der Waals surface area contributed by atoms with Gasteiger partial charge in [0.1, 0.15) is 11.4 Å². The van der Waals surface area contributed by atoms with E-state index in [0.29, 0.717) is 11.0 Å². The van der Waals surface area contributed by atoms with Gasteiger partial charge in [0.05, 0.1) is 12.0 Å². The van der Waals surface area contributed by atoms with Crippen molar-refractivity contribution in [3.05, 3.63) is 34.2 Å². The third kappa shape index (κ3) is 2.69. The largest absolute Gasteiger partial charge is 0.506 e. The van der Waals surface area contributed by atoms with Gasteiger partial charge in [0.2, 0.25) is 0 Å². The Morgan fingerprint density at radius 3 is 2.83 bits per heavy atom. The fourth-order valence-electron chi connectivity index (χ4n) is 3.29. The summed E-state index contributed by atoms with van der Waals surface area (Å²) in [6.45, 7) is 1.81. The van der Waals surface area contributed by atoms with Crippen LogP contribution in [0.3, 0.4) is 0 Å². The van der Waals surface area contributed by atoms with Gasteiger partial charge >= 0.3 is 5.97 Å². The van der Waals surface area contributed by atoms with E-state index in [2.05, 4.69) is 4.98 Å². The van der Waals surface area contributed by atoms with E-state index in [0.717, 1.165) is 32.1 Å². The highest BCUT2D eigenvalue weighted by Crippen LogP contribution is 2.32. The molecule has 1 saturated carbocycles. The maximum atomic E-state index is 12.9. The van der Waals surface area contributed by atoms with Crippen molar-refractivity contribution in [1.82, 2.24) is 9.55 Å². The summed E-state index contributed by atoms with van der Waals surface area (Å²) in [5, 5.41) is 10.8. The van der Waals surface area contributed by atoms with Crippen LogP contribution in [0.2, 0.25) is 0 Å². The summed E-state index contributed by atoms with van der Waals surface area (Å²) in [6.07, 6.45) is 6.57. The average Bonchev–Trinajstić information content (AvgIpc) is 2.56. The number of ether oxygens (including phenoxy) is 1. The predicted molar refractivity (Wildman–Crippen MR) is 85.7 cm³/mol. The second-order valence-corrected chi connectivity index (χ2v) is 5.79. The van der Waals surface area contributed by atoms with Crippen LogP contribution in [0.4, 0.5) is 0 Å². The number of hydrogen-bond acceptors (Lipinski definition) is 5. The van der Waals surface area contributed by atoms with E-state index in [-0.39, 0.29) is 24.0 Å². The smallest absolute Gasteiger partial charge is 0.347 e. The second-order valence-electron chi connectivity index (χ2n) is 5.79. The number of aromatic nitrogens is 2. The summed E-state index contributed by atoms with van der Waals surface area (Å²) in [4.78, 5) is 29.3. The summed E-state index contributed by atoms with van der Waals surface area (Å²) in [6, 6.07) is 3.34. The molecule has 0 aromatic carbocycles. The molecule has 1 aliphatic carbocycles. The van der Waals surface area contributed by atoms with Gasteiger partial charge in [-0.1, -0.05) is 19.3 Å². The minimum Gasteiger partial charge on any atom is -0.506 e. The molecule has 0 unspecified atom stereocenters. The number of pyridine rings is 2. The molecular weight excluding hydrogens is 296 g/mol. The van der Waals surface area contributed by atoms with Gasteiger partial charge in [-0.25, -0.2) is 9.78 Å². The van der Waals surface area contributed by atoms with Crippen LogP contribution in [-0.4, -0.2) is 27.2 Å². The molecule has 2 aromatic rings. The molecule has 6 heteroatoms. The zero-order valence-corrected chi connectivity index (χ0v) is 13.1. The molecule has 0 bridgehead atoms. The Labute approximate surface area is 133 Å². The maximum Gasteiger partial charge on any atom is 0.347 e. The summed E-state index contributed by atoms with van der Waals surface area (Å²) < 4.78 is 6.52. The van der Waals surface area contributed by atoms with Crippen LogP contribution in [0.25, 0.3) is 11.0 Å². The Hall–Kier alpha value is -2.37. The highest BCUT2D eigenvalue weighted by molar-refractivity contribution is 5.98. The van der Waals surface area contributed by atoms with Crippen molar-refractivity contribution in [1.29, 1.82) is 0 Å². The standard InChI is InChI=1S/C17H20N2O4/c1-2-23-17(22)13-14(20)12-9-6-10-18-15(12)19(16(13)21)11-7-4-3-5-8-11/h6,9-11,20H,2-5,7-8H2,1H3. The molecule has 0 spiro atoms. The van der Waals surface area contributed by atoms with Crippen molar-refractivity contribution >= 4 is 17.0 Å². The van der Waals surface area contributed by atoms with E-state index in [1.807, 2.05) is 0 Å². The Morgan fingerprint density at radius 1 is 1.39 bits per heavy atom. The second kappa shape index (κ2) is 6.40. The topological polar surface area (TPSA) is 81.4 Å². The lowest BCUT2D eigenvalue weighted by Crippen LogP contribution is -2.32. The van der Waals surface area contributed by atoms with Gasteiger partial charge in [0.15, 0.2) is 5.56 Å². The molecule has 0 saturated heterocycles. The van der Waals surface area contributed by atoms with Crippen molar-refractivity contribution in [2.45, 2.75) is 45.1 Å². The first-order valence-corrected chi connectivity index (χ1v) is 8.04. The lowest BCUT2D eigenvalue weighted by Gasteiger charge is -2.25. The highest BCUT2D eigenvalue weighted by Gasteiger charge is 2.27. The van der Waals surface area contributed by atoms with E-state index in [4.69, 9.17) is 4.74 Å². The van der Waals surface area contributed by atoms with Crippen molar-refractivity contribution in [3.8, 4) is 5.75 Å². The zero-order chi connectivity index (χ0) is 16.4. The number of fused-ring (bicyclic) bond motifs is 1. The van der Waals surface area contributed by atoms with Crippen LogP contribution in [0.15, 0.2) is 23.1 Å². The van der Waals surface area contributed by atoms with Crippen LogP contribution < -0.4 is 5.56 Å². The van der Waals surface area contributed by atoms with Crippen LogP contribution >= 0.6 is 0 Å². The number of rotatable bonds is 3. The fraction of sp³-hybridized carbons (Fsp3) is 0.471. The van der Waals surface area contributed by atoms with E-state index in [9.17, 15) is 14.7 Å². The fourth-order valence-corrected chi connectivity index (χ4v) is 3.29. The van der Waals surface area contributed by atoms with Gasteiger partial charge in [-0.05, 0) is 31.9 Å². The quantitative estimate of drug-likeness (QED) is 0.881. The highest BCUT2D eigenvalue weighted by atomic mass is 16.5. The number of aromatic hydroxyl groups is 1. The van der Waals surface area contributed by atoms with Crippen molar-refractivity contribution < 1.29 is 14.6 Å². The number of hydrogen-bond donors (Lipinski definition) is 1. The monoisotopic (exact) mass is 316 g/mol. The Kier molecular flexibility index (Phi) is 4.32. The average molecular weight is 316 g/mol. The van der Waals surface area contributed by atoms with Crippen LogP contribution in [0.5, 0.6) is 5.75 Å². The number of carbonyl (C=O) groups is 1. The third-order valence-electron chi connectivity index (χ3n) is 4.36. The molecule has 6 nitrogen and oxygen atoms in total. The van der Waals surface area contributed by atoms with Gasteiger partial charge in [-0.3, -0.25) is 9.36 Å². The molecule has 1 aliphatic rings. The zero-order valence-electron chi connectivity index (χ0n) is 13.1. The third-order valence-corrected chi connectivity index (χ3v) is 4.36. The molecule has 23 heavy (non-hydrogen) atoms. The normalized spacial score (nSPS) is 15.7.